The maximum atomic E-state index is 12.8. The monoisotopic (exact) mass is 397 g/mol. The number of non-ortho nitro benzene ring substituents is 1. The number of carbonyl (C=O) groups is 1. The lowest BCUT2D eigenvalue weighted by Crippen LogP contribution is -2.36. The summed E-state index contributed by atoms with van der Waals surface area (Å²) in [5, 5.41) is 9.45. The number of sulfone groups is 1. The van der Waals surface area contributed by atoms with Gasteiger partial charge >= 0.3 is 11.3 Å². The summed E-state index contributed by atoms with van der Waals surface area (Å²) in [6.45, 7) is 5.40. The van der Waals surface area contributed by atoms with Crippen molar-refractivity contribution in [1.29, 1.82) is 0 Å². The van der Waals surface area contributed by atoms with E-state index in [0.717, 1.165) is 6.07 Å². The predicted molar refractivity (Wildman–Crippen MR) is 94.1 cm³/mol. The number of nitro groups is 1. The van der Waals surface area contributed by atoms with Crippen molar-refractivity contribution in [3.8, 4) is 0 Å². The predicted octanol–water partition coefficient (Wildman–Crippen LogP) is 2.52. The van der Waals surface area contributed by atoms with Gasteiger partial charge in [-0.1, -0.05) is 0 Å². The fourth-order valence-electron chi connectivity index (χ4n) is 2.75. The Kier molecular flexibility index (Phi) is 4.58. The van der Waals surface area contributed by atoms with Gasteiger partial charge < -0.3 is 14.1 Å². The number of hydrogen-bond acceptors (Lipinski definition) is 8. The Morgan fingerprint density at radius 3 is 2.74 bits per heavy atom. The van der Waals surface area contributed by atoms with Crippen LogP contribution in [0.15, 0.2) is 27.8 Å². The minimum Gasteiger partial charge on any atom is -0.444 e. The van der Waals surface area contributed by atoms with E-state index in [0.29, 0.717) is 0 Å². The molecule has 10 nitrogen and oxygen atoms in total. The number of carbonyl (C=O) groups excluding carboxylic acids is 1. The third-order valence-electron chi connectivity index (χ3n) is 4.04. The number of amides is 1. The van der Waals surface area contributed by atoms with E-state index in [1.165, 1.54) is 17.0 Å². The average Bonchev–Trinajstić information content (AvgIpc) is 3.20. The maximum Gasteiger partial charge on any atom is 0.410 e. The van der Waals surface area contributed by atoms with Gasteiger partial charge in [0.15, 0.2) is 5.58 Å². The molecule has 3 rings (SSSR count). The summed E-state index contributed by atoms with van der Waals surface area (Å²) in [5.74, 6) is 0. The first-order valence-electron chi connectivity index (χ1n) is 8.24. The van der Waals surface area contributed by atoms with Gasteiger partial charge in [-0.15, -0.1) is 0 Å². The molecule has 0 unspecified atom stereocenters. The van der Waals surface area contributed by atoms with Crippen molar-refractivity contribution >= 4 is 32.7 Å². The molecular formula is C16H19N3O7S. The summed E-state index contributed by atoms with van der Waals surface area (Å²) in [7, 11) is -3.94. The minimum atomic E-state index is -3.94. The van der Waals surface area contributed by atoms with Crippen LogP contribution in [0.5, 0.6) is 0 Å². The molecule has 1 saturated heterocycles. The number of hydrogen-bond donors (Lipinski definition) is 0. The largest absolute Gasteiger partial charge is 0.444 e. The topological polar surface area (TPSA) is 133 Å². The number of nitro benzene ring substituents is 1. The summed E-state index contributed by atoms with van der Waals surface area (Å²) >= 11 is 0. The number of fused-ring (bicyclic) bond motifs is 1. The van der Waals surface area contributed by atoms with Crippen molar-refractivity contribution in [2.45, 2.75) is 43.3 Å². The molecule has 2 aromatic rings. The first-order chi connectivity index (χ1) is 12.5. The lowest BCUT2D eigenvalue weighted by atomic mass is 10.2. The SMILES string of the molecule is CC(C)(C)OC(=O)N1CC[C@@H](S(=O)(=O)c2nc3cc([N+](=O)[O-])ccc3o2)C1. The highest BCUT2D eigenvalue weighted by atomic mass is 32.2. The Hall–Kier alpha value is -2.69. The van der Waals surface area contributed by atoms with Crippen LogP contribution in [0.2, 0.25) is 0 Å². The fourth-order valence-corrected chi connectivity index (χ4v) is 4.25. The molecule has 0 bridgehead atoms. The second kappa shape index (κ2) is 6.48. The number of benzene rings is 1. The lowest BCUT2D eigenvalue weighted by Gasteiger charge is -2.24. The molecule has 1 fully saturated rings. The van der Waals surface area contributed by atoms with E-state index in [1.807, 2.05) is 0 Å². The standard InChI is InChI=1S/C16H19N3O7S/c1-16(2,3)26-15(20)18-7-6-11(9-18)27(23,24)14-17-12-8-10(19(21)22)4-5-13(12)25-14/h4-5,8,11H,6-7,9H2,1-3H3/t11-/m1/s1. The van der Waals surface area contributed by atoms with Crippen LogP contribution in [-0.2, 0) is 14.6 Å². The van der Waals surface area contributed by atoms with Gasteiger partial charge in [-0.05, 0) is 33.3 Å². The number of ether oxygens (including phenoxy) is 1. The van der Waals surface area contributed by atoms with Crippen molar-refractivity contribution in [3.05, 3.63) is 28.3 Å². The fraction of sp³-hybridized carbons (Fsp3) is 0.500. The molecule has 1 amide bonds. The van der Waals surface area contributed by atoms with Crippen molar-refractivity contribution in [2.24, 2.45) is 0 Å². The molecular weight excluding hydrogens is 378 g/mol. The van der Waals surface area contributed by atoms with E-state index < -0.39 is 36.9 Å². The lowest BCUT2D eigenvalue weighted by molar-refractivity contribution is -0.384. The van der Waals surface area contributed by atoms with Crippen LogP contribution in [0, 0.1) is 10.1 Å². The van der Waals surface area contributed by atoms with E-state index in [4.69, 9.17) is 9.15 Å². The zero-order chi connectivity index (χ0) is 20.0. The van der Waals surface area contributed by atoms with Crippen molar-refractivity contribution in [3.63, 3.8) is 0 Å². The zero-order valence-electron chi connectivity index (χ0n) is 15.0. The molecule has 2 heterocycles. The van der Waals surface area contributed by atoms with Gasteiger partial charge in [0.05, 0.1) is 10.2 Å². The van der Waals surface area contributed by atoms with Gasteiger partial charge in [0, 0.05) is 25.2 Å². The molecule has 1 aliphatic heterocycles. The number of rotatable bonds is 3. The zero-order valence-corrected chi connectivity index (χ0v) is 15.9. The van der Waals surface area contributed by atoms with Crippen LogP contribution in [0.4, 0.5) is 10.5 Å². The van der Waals surface area contributed by atoms with Crippen LogP contribution in [0.1, 0.15) is 27.2 Å². The van der Waals surface area contributed by atoms with Gasteiger partial charge in [0.25, 0.3) is 5.69 Å². The van der Waals surface area contributed by atoms with Crippen molar-refractivity contribution in [1.82, 2.24) is 9.88 Å². The molecule has 146 valence electrons. The van der Waals surface area contributed by atoms with Crippen molar-refractivity contribution < 1.29 is 27.3 Å². The maximum absolute atomic E-state index is 12.8. The Labute approximate surface area is 155 Å². The minimum absolute atomic E-state index is 0.0316. The van der Waals surface area contributed by atoms with Crippen LogP contribution < -0.4 is 0 Å². The molecule has 1 aromatic heterocycles. The molecule has 1 aromatic carbocycles. The highest BCUT2D eigenvalue weighted by Gasteiger charge is 2.40. The number of aromatic nitrogens is 1. The summed E-state index contributed by atoms with van der Waals surface area (Å²) < 4.78 is 36.2. The second-order valence-corrected chi connectivity index (χ2v) is 9.38. The number of likely N-dealkylation sites (tertiary alicyclic amines) is 1. The van der Waals surface area contributed by atoms with E-state index in [1.54, 1.807) is 20.8 Å². The van der Waals surface area contributed by atoms with Crippen LogP contribution in [-0.4, -0.2) is 53.3 Å². The molecule has 1 aliphatic rings. The highest BCUT2D eigenvalue weighted by Crippen LogP contribution is 2.28. The Morgan fingerprint density at radius 1 is 1.41 bits per heavy atom. The Morgan fingerprint density at radius 2 is 2.11 bits per heavy atom. The van der Waals surface area contributed by atoms with Gasteiger partial charge in [-0.3, -0.25) is 10.1 Å². The van der Waals surface area contributed by atoms with Crippen LogP contribution >= 0.6 is 0 Å². The summed E-state index contributed by atoms with van der Waals surface area (Å²) in [6, 6.07) is 3.67. The van der Waals surface area contributed by atoms with Gasteiger partial charge in [-0.2, -0.15) is 4.98 Å². The normalized spacial score (nSPS) is 18.0. The van der Waals surface area contributed by atoms with E-state index in [2.05, 4.69) is 4.98 Å². The Bertz CT molecular complexity index is 1010. The van der Waals surface area contributed by atoms with Crippen LogP contribution in [0.3, 0.4) is 0 Å². The van der Waals surface area contributed by atoms with E-state index >= 15 is 0 Å². The number of oxazole rings is 1. The summed E-state index contributed by atoms with van der Waals surface area (Å²) in [4.78, 5) is 27.6. The molecule has 0 spiro atoms. The van der Waals surface area contributed by atoms with E-state index in [-0.39, 0.29) is 36.3 Å². The third kappa shape index (κ3) is 3.87. The first-order valence-corrected chi connectivity index (χ1v) is 9.79. The molecule has 0 radical (unpaired) electrons. The molecule has 0 saturated carbocycles. The Balaban J connectivity index is 1.82. The summed E-state index contributed by atoms with van der Waals surface area (Å²) in [6.07, 6.45) is -0.353. The smallest absolute Gasteiger partial charge is 0.410 e. The highest BCUT2D eigenvalue weighted by molar-refractivity contribution is 7.91. The van der Waals surface area contributed by atoms with Gasteiger partial charge in [0.1, 0.15) is 11.1 Å². The van der Waals surface area contributed by atoms with Crippen molar-refractivity contribution in [2.75, 3.05) is 13.1 Å². The first kappa shape index (κ1) is 19.1. The van der Waals surface area contributed by atoms with E-state index in [9.17, 15) is 23.3 Å². The molecule has 1 atom stereocenters. The van der Waals surface area contributed by atoms with Gasteiger partial charge in [0.2, 0.25) is 9.84 Å². The third-order valence-corrected chi connectivity index (χ3v) is 5.97. The van der Waals surface area contributed by atoms with Gasteiger partial charge in [-0.25, -0.2) is 13.2 Å². The summed E-state index contributed by atoms with van der Waals surface area (Å²) in [5.41, 5.74) is -0.661. The molecule has 0 N–H and O–H groups in total. The molecule has 0 aliphatic carbocycles. The number of nitrogens with zero attached hydrogens (tertiary/aromatic N) is 3. The van der Waals surface area contributed by atoms with Crippen LogP contribution in [0.25, 0.3) is 11.1 Å². The average molecular weight is 397 g/mol. The molecule has 27 heavy (non-hydrogen) atoms. The molecule has 11 heteroatoms. The quantitative estimate of drug-likeness (QED) is 0.570. The second-order valence-electron chi connectivity index (χ2n) is 7.27.